The molecule has 0 radical (unpaired) electrons. The van der Waals surface area contributed by atoms with Crippen LogP contribution in [0.25, 0.3) is 0 Å². The minimum absolute atomic E-state index is 0.141. The Morgan fingerprint density at radius 1 is 0.708 bits per heavy atom. The monoisotopic (exact) mass is 368 g/mol. The number of ether oxygens (including phenoxy) is 5. The third-order valence-corrected chi connectivity index (χ3v) is 3.22. The number of carbonyl (C=O) groups is 1. The Morgan fingerprint density at radius 2 is 1.21 bits per heavy atom. The third kappa shape index (κ3) is 19.6. The lowest BCUT2D eigenvalue weighted by atomic mass is 10.2. The molecule has 0 spiro atoms. The number of hydrogen-bond acceptors (Lipinski definition) is 6. The Kier molecular flexibility index (Phi) is 20.3. The fraction of sp³-hybridized carbons (Fsp3) is 0.941. The lowest BCUT2D eigenvalue weighted by molar-refractivity contribution is -0.145. The molecule has 144 valence electrons. The average molecular weight is 369 g/mol. The fourth-order valence-corrected chi connectivity index (χ4v) is 1.91. The van der Waals surface area contributed by atoms with Crippen molar-refractivity contribution in [3.8, 4) is 0 Å². The van der Waals surface area contributed by atoms with Gasteiger partial charge in [-0.05, 0) is 6.42 Å². The molecule has 0 aromatic heterocycles. The smallest absolute Gasteiger partial charge is 0.305 e. The lowest BCUT2D eigenvalue weighted by Gasteiger charge is -2.08. The molecule has 0 unspecified atom stereocenters. The Labute approximate surface area is 151 Å². The Morgan fingerprint density at radius 3 is 1.71 bits per heavy atom. The summed E-state index contributed by atoms with van der Waals surface area (Å²) < 4.78 is 26.2. The highest BCUT2D eigenvalue weighted by molar-refractivity contribution is 6.17. The van der Waals surface area contributed by atoms with E-state index < -0.39 is 0 Å². The average Bonchev–Trinajstić information content (AvgIpc) is 2.59. The van der Waals surface area contributed by atoms with E-state index in [-0.39, 0.29) is 5.97 Å². The van der Waals surface area contributed by atoms with E-state index in [0.717, 1.165) is 12.8 Å². The molecular weight excluding hydrogens is 336 g/mol. The third-order valence-electron chi connectivity index (χ3n) is 3.06. The van der Waals surface area contributed by atoms with Crippen LogP contribution in [0, 0.1) is 0 Å². The topological polar surface area (TPSA) is 63.2 Å². The van der Waals surface area contributed by atoms with Gasteiger partial charge < -0.3 is 23.7 Å². The molecule has 7 heteroatoms. The van der Waals surface area contributed by atoms with Crippen LogP contribution in [0.2, 0.25) is 0 Å². The summed E-state index contributed by atoms with van der Waals surface area (Å²) in [5, 5.41) is 0. The van der Waals surface area contributed by atoms with Crippen LogP contribution in [0.15, 0.2) is 0 Å². The molecule has 0 atom stereocenters. The van der Waals surface area contributed by atoms with Crippen molar-refractivity contribution in [2.45, 2.75) is 39.0 Å². The van der Waals surface area contributed by atoms with E-state index in [2.05, 4.69) is 6.92 Å². The molecule has 0 bridgehead atoms. The lowest BCUT2D eigenvalue weighted by Crippen LogP contribution is -2.14. The molecular formula is C17H33ClO6. The highest BCUT2D eigenvalue weighted by Gasteiger charge is 2.02. The van der Waals surface area contributed by atoms with Crippen molar-refractivity contribution < 1.29 is 28.5 Å². The summed E-state index contributed by atoms with van der Waals surface area (Å²) in [5.41, 5.74) is 0. The Balaban J connectivity index is 3.08. The van der Waals surface area contributed by atoms with Crippen molar-refractivity contribution >= 4 is 17.6 Å². The minimum atomic E-state index is -0.141. The molecule has 0 N–H and O–H groups in total. The van der Waals surface area contributed by atoms with Crippen molar-refractivity contribution in [2.75, 3.05) is 65.3 Å². The first kappa shape index (κ1) is 23.6. The second-order valence-electron chi connectivity index (χ2n) is 5.17. The zero-order valence-electron chi connectivity index (χ0n) is 14.9. The zero-order chi connectivity index (χ0) is 17.7. The summed E-state index contributed by atoms with van der Waals surface area (Å²) in [6.07, 6.45) is 4.83. The second-order valence-corrected chi connectivity index (χ2v) is 5.55. The van der Waals surface area contributed by atoms with Gasteiger partial charge in [0.25, 0.3) is 0 Å². The van der Waals surface area contributed by atoms with Gasteiger partial charge in [0.15, 0.2) is 0 Å². The molecule has 0 amide bonds. The first-order chi connectivity index (χ1) is 11.8. The molecule has 0 aliphatic rings. The Bertz CT molecular complexity index is 265. The standard InChI is InChI=1S/C17H33ClO6/c1-2-3-4-5-6-17(19)24-16-15-23-14-13-22-12-11-21-10-9-20-8-7-18/h2-16H2,1H3. The first-order valence-corrected chi connectivity index (χ1v) is 9.37. The maximum absolute atomic E-state index is 11.4. The largest absolute Gasteiger partial charge is 0.463 e. The van der Waals surface area contributed by atoms with Gasteiger partial charge in [-0.25, -0.2) is 0 Å². The number of hydrogen-bond donors (Lipinski definition) is 0. The van der Waals surface area contributed by atoms with Gasteiger partial charge in [0.1, 0.15) is 6.61 Å². The quantitative estimate of drug-likeness (QED) is 0.198. The van der Waals surface area contributed by atoms with Crippen LogP contribution in [-0.2, 0) is 28.5 Å². The van der Waals surface area contributed by atoms with Gasteiger partial charge in [-0.3, -0.25) is 4.79 Å². The van der Waals surface area contributed by atoms with Crippen LogP contribution < -0.4 is 0 Å². The predicted octanol–water partition coefficient (Wildman–Crippen LogP) is 2.81. The fourth-order valence-electron chi connectivity index (χ4n) is 1.80. The molecule has 24 heavy (non-hydrogen) atoms. The van der Waals surface area contributed by atoms with Crippen LogP contribution in [0.4, 0.5) is 0 Å². The molecule has 0 aromatic carbocycles. The van der Waals surface area contributed by atoms with Gasteiger partial charge in [0.2, 0.25) is 0 Å². The van der Waals surface area contributed by atoms with Gasteiger partial charge in [-0.2, -0.15) is 0 Å². The molecule has 0 rings (SSSR count). The van der Waals surface area contributed by atoms with E-state index >= 15 is 0 Å². The Hall–Kier alpha value is -0.400. The number of alkyl halides is 1. The number of halogens is 1. The van der Waals surface area contributed by atoms with Crippen LogP contribution in [0.3, 0.4) is 0 Å². The van der Waals surface area contributed by atoms with Crippen molar-refractivity contribution in [1.82, 2.24) is 0 Å². The van der Waals surface area contributed by atoms with Gasteiger partial charge in [0, 0.05) is 12.3 Å². The molecule has 0 saturated heterocycles. The summed E-state index contributed by atoms with van der Waals surface area (Å²) in [6.45, 7) is 6.51. The van der Waals surface area contributed by atoms with Gasteiger partial charge in [-0.15, -0.1) is 11.6 Å². The number of esters is 1. The zero-order valence-corrected chi connectivity index (χ0v) is 15.7. The maximum atomic E-state index is 11.4. The normalized spacial score (nSPS) is 10.9. The van der Waals surface area contributed by atoms with Crippen molar-refractivity contribution in [1.29, 1.82) is 0 Å². The number of rotatable bonds is 19. The highest BCUT2D eigenvalue weighted by atomic mass is 35.5. The van der Waals surface area contributed by atoms with E-state index in [1.807, 2.05) is 0 Å². The van der Waals surface area contributed by atoms with E-state index in [1.165, 1.54) is 12.8 Å². The van der Waals surface area contributed by atoms with Gasteiger partial charge >= 0.3 is 5.97 Å². The predicted molar refractivity (Wildman–Crippen MR) is 93.7 cm³/mol. The molecule has 0 aromatic rings. The van der Waals surface area contributed by atoms with Gasteiger partial charge in [0.05, 0.1) is 52.9 Å². The molecule has 0 fully saturated rings. The maximum Gasteiger partial charge on any atom is 0.305 e. The molecule has 0 aliphatic heterocycles. The molecule has 0 heterocycles. The van der Waals surface area contributed by atoms with E-state index in [0.29, 0.717) is 71.8 Å². The second kappa shape index (κ2) is 20.6. The number of carbonyl (C=O) groups excluding carboxylic acids is 1. The van der Waals surface area contributed by atoms with Crippen molar-refractivity contribution in [2.24, 2.45) is 0 Å². The van der Waals surface area contributed by atoms with Crippen molar-refractivity contribution in [3.63, 3.8) is 0 Å². The summed E-state index contributed by atoms with van der Waals surface area (Å²) in [4.78, 5) is 11.4. The summed E-state index contributed by atoms with van der Waals surface area (Å²) in [5.74, 6) is 0.361. The molecule has 0 saturated carbocycles. The van der Waals surface area contributed by atoms with E-state index in [1.54, 1.807) is 0 Å². The van der Waals surface area contributed by atoms with Gasteiger partial charge in [-0.1, -0.05) is 26.2 Å². The van der Waals surface area contributed by atoms with Crippen LogP contribution in [-0.4, -0.2) is 71.3 Å². The summed E-state index contributed by atoms with van der Waals surface area (Å²) in [7, 11) is 0. The number of unbranched alkanes of at least 4 members (excludes halogenated alkanes) is 3. The van der Waals surface area contributed by atoms with Crippen molar-refractivity contribution in [3.05, 3.63) is 0 Å². The minimum Gasteiger partial charge on any atom is -0.463 e. The highest BCUT2D eigenvalue weighted by Crippen LogP contribution is 2.03. The van der Waals surface area contributed by atoms with E-state index in [4.69, 9.17) is 35.3 Å². The molecule has 0 aliphatic carbocycles. The van der Waals surface area contributed by atoms with Crippen LogP contribution in [0.5, 0.6) is 0 Å². The summed E-state index contributed by atoms with van der Waals surface area (Å²) >= 11 is 5.47. The summed E-state index contributed by atoms with van der Waals surface area (Å²) in [6, 6.07) is 0. The SMILES string of the molecule is CCCCCCC(=O)OCCOCCOCCOCCOCCCl. The molecule has 6 nitrogen and oxygen atoms in total. The van der Waals surface area contributed by atoms with Crippen LogP contribution >= 0.6 is 11.6 Å². The van der Waals surface area contributed by atoms with E-state index in [9.17, 15) is 4.79 Å². The first-order valence-electron chi connectivity index (χ1n) is 8.83. The van der Waals surface area contributed by atoms with Crippen LogP contribution in [0.1, 0.15) is 39.0 Å².